The summed E-state index contributed by atoms with van der Waals surface area (Å²) in [7, 11) is 0. The summed E-state index contributed by atoms with van der Waals surface area (Å²) in [6.45, 7) is 3.57. The number of nitrogens with zero attached hydrogens (tertiary/aromatic N) is 6. The van der Waals surface area contributed by atoms with Crippen molar-refractivity contribution in [2.24, 2.45) is 23.3 Å². The molecule has 5 N–H and O–H groups in total. The molecule has 0 unspecified atom stereocenters. The van der Waals surface area contributed by atoms with Gasteiger partial charge in [-0.1, -0.05) is 24.3 Å². The van der Waals surface area contributed by atoms with Gasteiger partial charge in [0.05, 0.1) is 13.2 Å². The highest BCUT2D eigenvalue weighted by Gasteiger charge is 2.36. The van der Waals surface area contributed by atoms with E-state index in [9.17, 15) is 9.59 Å². The van der Waals surface area contributed by atoms with Gasteiger partial charge in [0.15, 0.2) is 0 Å². The van der Waals surface area contributed by atoms with Gasteiger partial charge in [0.1, 0.15) is 11.9 Å². The number of benzene rings is 2. The van der Waals surface area contributed by atoms with Crippen LogP contribution >= 0.6 is 12.4 Å². The number of H-pyrrole nitrogens is 1. The molecule has 4 aromatic rings. The average Bonchev–Trinajstić information content (AvgIpc) is 3.64. The van der Waals surface area contributed by atoms with Gasteiger partial charge in [-0.3, -0.25) is 14.5 Å². The van der Waals surface area contributed by atoms with E-state index in [1.165, 1.54) is 0 Å². The van der Waals surface area contributed by atoms with Crippen LogP contribution in [0.3, 0.4) is 0 Å². The fourth-order valence-corrected chi connectivity index (χ4v) is 6.34. The summed E-state index contributed by atoms with van der Waals surface area (Å²) in [5.41, 5.74) is 16.2. The van der Waals surface area contributed by atoms with Gasteiger partial charge in [-0.25, -0.2) is 4.98 Å². The summed E-state index contributed by atoms with van der Waals surface area (Å²) in [5.74, 6) is 0.890. The number of morpholine rings is 1. The van der Waals surface area contributed by atoms with E-state index in [0.717, 1.165) is 66.8 Å². The molecule has 0 radical (unpaired) electrons. The number of carbonyl (C=O) groups excluding carboxylic acids is 2. The van der Waals surface area contributed by atoms with Crippen LogP contribution in [0.25, 0.3) is 22.5 Å². The molecule has 2 fully saturated rings. The lowest BCUT2D eigenvalue weighted by molar-refractivity contribution is -0.127. The Bertz CT molecular complexity index is 1590. The second-order valence-corrected chi connectivity index (χ2v) is 11.8. The van der Waals surface area contributed by atoms with Crippen LogP contribution in [-0.2, 0) is 20.7 Å². The number of hydrogen-bond donors (Lipinski definition) is 3. The molecule has 3 heterocycles. The third-order valence-corrected chi connectivity index (χ3v) is 8.93. The first-order chi connectivity index (χ1) is 22.0. The van der Waals surface area contributed by atoms with Crippen molar-refractivity contribution in [2.45, 2.75) is 38.1 Å². The topological polar surface area (TPSA) is 169 Å². The maximum atomic E-state index is 14.2. The number of nitrogens with two attached hydrogens (primary N) is 2. The highest BCUT2D eigenvalue weighted by Crippen LogP contribution is 2.33. The van der Waals surface area contributed by atoms with Gasteiger partial charge in [0.2, 0.25) is 17.6 Å². The van der Waals surface area contributed by atoms with Gasteiger partial charge in [-0.15, -0.1) is 22.6 Å². The standard InChI is InChI=1S/C33H39N9O3.ClH/c34-21-22-4-6-25(7-5-22)33(44)42(28-10-8-24(9-11-28)32-37-39-40-38-32)29(31(35)43)19-23-2-1-3-26(18-23)27-12-13-36-30(20-27)41-14-16-45-17-15-41;/h1-3,8-13,18,20,22,25,29H,4-7,14-17,19,21,34H2,(H2,35,43)(H,37,38,39,40);1H/t22-,25-,29-;/m0./s1. The van der Waals surface area contributed by atoms with Crippen molar-refractivity contribution in [1.29, 1.82) is 0 Å². The van der Waals surface area contributed by atoms with Crippen LogP contribution < -0.4 is 21.3 Å². The summed E-state index contributed by atoms with van der Waals surface area (Å²) in [5, 5.41) is 14.2. The first kappa shape index (κ1) is 33.0. The van der Waals surface area contributed by atoms with Crippen molar-refractivity contribution in [2.75, 3.05) is 42.6 Å². The van der Waals surface area contributed by atoms with Gasteiger partial charge in [-0.05, 0) is 96.4 Å². The number of aromatic amines is 1. The molecule has 6 rings (SSSR count). The van der Waals surface area contributed by atoms with Gasteiger partial charge in [0.25, 0.3) is 0 Å². The minimum Gasteiger partial charge on any atom is -0.378 e. The van der Waals surface area contributed by atoms with Gasteiger partial charge >= 0.3 is 0 Å². The van der Waals surface area contributed by atoms with Crippen molar-refractivity contribution in [3.05, 3.63) is 72.4 Å². The zero-order valence-electron chi connectivity index (χ0n) is 25.6. The lowest BCUT2D eigenvalue weighted by Crippen LogP contribution is -2.52. The number of ether oxygens (including phenoxy) is 1. The smallest absolute Gasteiger partial charge is 0.240 e. The molecule has 2 aromatic carbocycles. The summed E-state index contributed by atoms with van der Waals surface area (Å²) in [6, 6.07) is 18.5. The third kappa shape index (κ3) is 7.52. The van der Waals surface area contributed by atoms with E-state index in [-0.39, 0.29) is 30.7 Å². The molecular weight excluding hydrogens is 606 g/mol. The summed E-state index contributed by atoms with van der Waals surface area (Å²) >= 11 is 0. The van der Waals surface area contributed by atoms with Crippen LogP contribution in [0.2, 0.25) is 0 Å². The van der Waals surface area contributed by atoms with E-state index in [4.69, 9.17) is 16.2 Å². The van der Waals surface area contributed by atoms with Crippen LogP contribution in [0.5, 0.6) is 0 Å². The van der Waals surface area contributed by atoms with Crippen LogP contribution in [0.1, 0.15) is 31.2 Å². The Kier molecular flexibility index (Phi) is 10.9. The molecule has 46 heavy (non-hydrogen) atoms. The second kappa shape index (κ2) is 15.3. The molecule has 1 atom stereocenters. The molecule has 13 heteroatoms. The number of halogens is 1. The van der Waals surface area contributed by atoms with Gasteiger partial charge in [-0.2, -0.15) is 5.21 Å². The molecule has 1 saturated carbocycles. The van der Waals surface area contributed by atoms with Crippen LogP contribution in [0.4, 0.5) is 11.5 Å². The van der Waals surface area contributed by atoms with Crippen molar-refractivity contribution >= 4 is 35.7 Å². The van der Waals surface area contributed by atoms with E-state index in [1.54, 1.807) is 4.90 Å². The zero-order chi connectivity index (χ0) is 31.2. The first-order valence-electron chi connectivity index (χ1n) is 15.5. The number of carbonyl (C=O) groups is 2. The number of hydrogen-bond acceptors (Lipinski definition) is 9. The van der Waals surface area contributed by atoms with E-state index in [0.29, 0.717) is 37.2 Å². The molecule has 1 saturated heterocycles. The van der Waals surface area contributed by atoms with Crippen LogP contribution in [-0.4, -0.2) is 76.3 Å². The zero-order valence-corrected chi connectivity index (χ0v) is 26.4. The van der Waals surface area contributed by atoms with Crippen molar-refractivity contribution < 1.29 is 14.3 Å². The lowest BCUT2D eigenvalue weighted by Gasteiger charge is -2.35. The summed E-state index contributed by atoms with van der Waals surface area (Å²) in [6.07, 6.45) is 5.32. The normalized spacial score (nSPS) is 18.8. The van der Waals surface area contributed by atoms with Crippen LogP contribution in [0, 0.1) is 11.8 Å². The van der Waals surface area contributed by atoms with E-state index < -0.39 is 11.9 Å². The Morgan fingerprint density at radius 1 is 0.978 bits per heavy atom. The number of nitrogens with one attached hydrogen (secondary N) is 1. The number of amides is 2. The molecule has 0 bridgehead atoms. The molecule has 2 aromatic heterocycles. The van der Waals surface area contributed by atoms with Crippen molar-refractivity contribution in [3.8, 4) is 22.5 Å². The molecule has 2 aliphatic rings. The molecular formula is C33H40ClN9O3. The van der Waals surface area contributed by atoms with E-state index >= 15 is 0 Å². The first-order valence-corrected chi connectivity index (χ1v) is 15.5. The fraction of sp³-hybridized carbons (Fsp3) is 0.394. The minimum absolute atomic E-state index is 0. The van der Waals surface area contributed by atoms with Gasteiger partial charge in [0, 0.05) is 42.9 Å². The van der Waals surface area contributed by atoms with E-state index in [2.05, 4.69) is 42.6 Å². The number of aromatic nitrogens is 5. The number of rotatable bonds is 10. The number of anilines is 2. The highest BCUT2D eigenvalue weighted by molar-refractivity contribution is 6.01. The van der Waals surface area contributed by atoms with Crippen molar-refractivity contribution in [1.82, 2.24) is 25.6 Å². The van der Waals surface area contributed by atoms with Crippen molar-refractivity contribution in [3.63, 3.8) is 0 Å². The monoisotopic (exact) mass is 645 g/mol. The van der Waals surface area contributed by atoms with Crippen LogP contribution in [0.15, 0.2) is 66.9 Å². The Morgan fingerprint density at radius 3 is 2.39 bits per heavy atom. The predicted molar refractivity (Wildman–Crippen MR) is 178 cm³/mol. The highest BCUT2D eigenvalue weighted by atomic mass is 35.5. The fourth-order valence-electron chi connectivity index (χ4n) is 6.34. The van der Waals surface area contributed by atoms with E-state index in [1.807, 2.05) is 54.7 Å². The molecule has 1 aliphatic heterocycles. The minimum atomic E-state index is -0.891. The Morgan fingerprint density at radius 2 is 1.72 bits per heavy atom. The Hall–Kier alpha value is -4.39. The largest absolute Gasteiger partial charge is 0.378 e. The Balaban J connectivity index is 0.00000417. The number of tetrazole rings is 1. The predicted octanol–water partition coefficient (Wildman–Crippen LogP) is 3.38. The molecule has 0 spiro atoms. The Labute approximate surface area is 274 Å². The molecule has 12 nitrogen and oxygen atoms in total. The summed E-state index contributed by atoms with van der Waals surface area (Å²) in [4.78, 5) is 35.8. The molecule has 1 aliphatic carbocycles. The number of primary amides is 1. The quantitative estimate of drug-likeness (QED) is 0.234. The molecule has 242 valence electrons. The average molecular weight is 646 g/mol. The SMILES string of the molecule is Cl.NC[C@H]1CC[C@H](C(=O)N(c2ccc(-c3nn[nH]n3)cc2)[C@@H](Cc2cccc(-c3ccnc(N4CCOCC4)c3)c2)C(N)=O)CC1. The summed E-state index contributed by atoms with van der Waals surface area (Å²) < 4.78 is 5.50. The number of pyridine rings is 1. The maximum Gasteiger partial charge on any atom is 0.240 e. The maximum absolute atomic E-state index is 14.2. The third-order valence-electron chi connectivity index (χ3n) is 8.93. The molecule has 2 amide bonds. The lowest BCUT2D eigenvalue weighted by atomic mass is 9.81. The second-order valence-electron chi connectivity index (χ2n) is 11.8. The van der Waals surface area contributed by atoms with Gasteiger partial charge < -0.3 is 21.1 Å².